The molecule has 0 bridgehead atoms. The normalized spacial score (nSPS) is 27.5. The van der Waals surface area contributed by atoms with Crippen LogP contribution in [0.15, 0.2) is 11.6 Å². The van der Waals surface area contributed by atoms with Crippen LogP contribution in [-0.2, 0) is 9.53 Å². The second kappa shape index (κ2) is 3.07. The summed E-state index contributed by atoms with van der Waals surface area (Å²) in [6.07, 6.45) is 3.33. The SMILES string of the molecule is CC(=O)O[C@H]1C[C@H]1C=C(C)C. The van der Waals surface area contributed by atoms with E-state index in [4.69, 9.17) is 4.74 Å². The molecule has 2 nitrogen and oxygen atoms in total. The molecular formula is C9H14O2. The molecule has 1 fully saturated rings. The van der Waals surface area contributed by atoms with Crippen molar-refractivity contribution in [3.63, 3.8) is 0 Å². The number of allylic oxidation sites excluding steroid dienone is 1. The maximum atomic E-state index is 10.5. The number of hydrogen-bond donors (Lipinski definition) is 0. The van der Waals surface area contributed by atoms with Crippen LogP contribution in [0.4, 0.5) is 0 Å². The van der Waals surface area contributed by atoms with Crippen LogP contribution < -0.4 is 0 Å². The van der Waals surface area contributed by atoms with E-state index < -0.39 is 0 Å². The summed E-state index contributed by atoms with van der Waals surface area (Å²) in [5.41, 5.74) is 1.30. The molecule has 0 N–H and O–H groups in total. The van der Waals surface area contributed by atoms with Gasteiger partial charge in [-0.05, 0) is 20.3 Å². The Bertz CT molecular complexity index is 190. The van der Waals surface area contributed by atoms with E-state index in [0.717, 1.165) is 6.42 Å². The maximum absolute atomic E-state index is 10.5. The van der Waals surface area contributed by atoms with Crippen LogP contribution >= 0.6 is 0 Å². The first kappa shape index (κ1) is 8.31. The Morgan fingerprint density at radius 3 is 2.55 bits per heavy atom. The third kappa shape index (κ3) is 2.74. The highest BCUT2D eigenvalue weighted by atomic mass is 16.5. The molecule has 1 saturated carbocycles. The van der Waals surface area contributed by atoms with Gasteiger partial charge in [0.15, 0.2) is 0 Å². The van der Waals surface area contributed by atoms with E-state index >= 15 is 0 Å². The van der Waals surface area contributed by atoms with E-state index in [9.17, 15) is 4.79 Å². The van der Waals surface area contributed by atoms with Gasteiger partial charge in [0.25, 0.3) is 0 Å². The lowest BCUT2D eigenvalue weighted by Crippen LogP contribution is -2.01. The third-order valence-corrected chi connectivity index (χ3v) is 1.64. The summed E-state index contributed by atoms with van der Waals surface area (Å²) in [5, 5.41) is 0. The van der Waals surface area contributed by atoms with Crippen molar-refractivity contribution in [1.29, 1.82) is 0 Å². The van der Waals surface area contributed by atoms with Crippen molar-refractivity contribution >= 4 is 5.97 Å². The van der Waals surface area contributed by atoms with Gasteiger partial charge >= 0.3 is 5.97 Å². The first-order valence-corrected chi connectivity index (χ1v) is 3.92. The van der Waals surface area contributed by atoms with Crippen molar-refractivity contribution in [3.8, 4) is 0 Å². The van der Waals surface area contributed by atoms with Gasteiger partial charge < -0.3 is 4.74 Å². The zero-order valence-electron chi connectivity index (χ0n) is 7.26. The molecule has 1 aliphatic carbocycles. The molecule has 1 rings (SSSR count). The number of rotatable bonds is 2. The van der Waals surface area contributed by atoms with Gasteiger partial charge in [0, 0.05) is 12.8 Å². The molecule has 0 unspecified atom stereocenters. The van der Waals surface area contributed by atoms with E-state index in [-0.39, 0.29) is 12.1 Å². The molecule has 1 aliphatic rings. The molecule has 0 aromatic heterocycles. The molecule has 0 aromatic carbocycles. The van der Waals surface area contributed by atoms with E-state index in [1.54, 1.807) is 0 Å². The number of hydrogen-bond acceptors (Lipinski definition) is 2. The van der Waals surface area contributed by atoms with Gasteiger partial charge in [-0.3, -0.25) is 4.79 Å². The van der Waals surface area contributed by atoms with Gasteiger partial charge in [-0.25, -0.2) is 0 Å². The fourth-order valence-corrected chi connectivity index (χ4v) is 1.14. The predicted octanol–water partition coefficient (Wildman–Crippen LogP) is 1.90. The summed E-state index contributed by atoms with van der Waals surface area (Å²) in [6, 6.07) is 0. The van der Waals surface area contributed by atoms with Gasteiger partial charge in [0.1, 0.15) is 6.10 Å². The van der Waals surface area contributed by atoms with Crippen molar-refractivity contribution < 1.29 is 9.53 Å². The minimum atomic E-state index is -0.167. The van der Waals surface area contributed by atoms with Crippen LogP contribution in [-0.4, -0.2) is 12.1 Å². The monoisotopic (exact) mass is 154 g/mol. The van der Waals surface area contributed by atoms with Crippen LogP contribution in [0.2, 0.25) is 0 Å². The number of esters is 1. The average Bonchev–Trinajstić information content (AvgIpc) is 2.43. The van der Waals surface area contributed by atoms with Gasteiger partial charge in [0.05, 0.1) is 0 Å². The van der Waals surface area contributed by atoms with Crippen molar-refractivity contribution in [1.82, 2.24) is 0 Å². The third-order valence-electron chi connectivity index (χ3n) is 1.64. The van der Waals surface area contributed by atoms with Gasteiger partial charge in [0.2, 0.25) is 0 Å². The molecule has 0 heterocycles. The first-order chi connectivity index (χ1) is 5.09. The topological polar surface area (TPSA) is 26.3 Å². The fraction of sp³-hybridized carbons (Fsp3) is 0.667. The quantitative estimate of drug-likeness (QED) is 0.448. The number of carbonyl (C=O) groups is 1. The molecule has 62 valence electrons. The lowest BCUT2D eigenvalue weighted by molar-refractivity contribution is -0.142. The zero-order chi connectivity index (χ0) is 8.43. The maximum Gasteiger partial charge on any atom is 0.302 e. The highest BCUT2D eigenvalue weighted by Gasteiger charge is 2.38. The summed E-state index contributed by atoms with van der Waals surface area (Å²) in [6.45, 7) is 5.57. The van der Waals surface area contributed by atoms with Crippen molar-refractivity contribution in [2.24, 2.45) is 5.92 Å². The van der Waals surface area contributed by atoms with E-state index in [0.29, 0.717) is 5.92 Å². The molecule has 0 saturated heterocycles. The van der Waals surface area contributed by atoms with Crippen molar-refractivity contribution in [3.05, 3.63) is 11.6 Å². The molecule has 11 heavy (non-hydrogen) atoms. The van der Waals surface area contributed by atoms with E-state index in [1.165, 1.54) is 12.5 Å². The Morgan fingerprint density at radius 2 is 2.09 bits per heavy atom. The number of ether oxygens (including phenoxy) is 1. The minimum Gasteiger partial charge on any atom is -0.462 e. The standard InChI is InChI=1S/C9H14O2/c1-6(2)4-8-5-9(8)11-7(3)10/h4,8-9H,5H2,1-3H3/t8-,9+/m1/s1. The summed E-state index contributed by atoms with van der Waals surface area (Å²) >= 11 is 0. The van der Waals surface area contributed by atoms with Crippen LogP contribution in [0, 0.1) is 5.92 Å². The lowest BCUT2D eigenvalue weighted by Gasteiger charge is -1.96. The average molecular weight is 154 g/mol. The highest BCUT2D eigenvalue weighted by Crippen LogP contribution is 2.35. The summed E-state index contributed by atoms with van der Waals surface area (Å²) in [4.78, 5) is 10.5. The molecule has 2 atom stereocenters. The van der Waals surface area contributed by atoms with E-state index in [2.05, 4.69) is 19.9 Å². The highest BCUT2D eigenvalue weighted by molar-refractivity contribution is 5.66. The second-order valence-corrected chi connectivity index (χ2v) is 3.29. The Kier molecular flexibility index (Phi) is 2.32. The Labute approximate surface area is 67.2 Å². The van der Waals surface area contributed by atoms with Crippen LogP contribution in [0.1, 0.15) is 27.2 Å². The fourth-order valence-electron chi connectivity index (χ4n) is 1.14. The molecule has 0 radical (unpaired) electrons. The molecule has 2 heteroatoms. The number of carbonyl (C=O) groups excluding carboxylic acids is 1. The van der Waals surface area contributed by atoms with Gasteiger partial charge in [-0.15, -0.1) is 0 Å². The Balaban J connectivity index is 2.27. The smallest absolute Gasteiger partial charge is 0.302 e. The lowest BCUT2D eigenvalue weighted by atomic mass is 10.2. The second-order valence-electron chi connectivity index (χ2n) is 3.29. The Hall–Kier alpha value is -0.790. The predicted molar refractivity (Wildman–Crippen MR) is 43.1 cm³/mol. The molecule has 0 spiro atoms. The zero-order valence-corrected chi connectivity index (χ0v) is 7.26. The summed E-state index contributed by atoms with van der Waals surface area (Å²) in [5.74, 6) is 0.323. The van der Waals surface area contributed by atoms with Crippen LogP contribution in [0.5, 0.6) is 0 Å². The van der Waals surface area contributed by atoms with E-state index in [1.807, 2.05) is 0 Å². The first-order valence-electron chi connectivity index (χ1n) is 3.92. The molecule has 0 amide bonds. The molecular weight excluding hydrogens is 140 g/mol. The van der Waals surface area contributed by atoms with Crippen molar-refractivity contribution in [2.75, 3.05) is 0 Å². The van der Waals surface area contributed by atoms with Crippen LogP contribution in [0.25, 0.3) is 0 Å². The molecule has 0 aliphatic heterocycles. The van der Waals surface area contributed by atoms with Crippen LogP contribution in [0.3, 0.4) is 0 Å². The van der Waals surface area contributed by atoms with Crippen molar-refractivity contribution in [2.45, 2.75) is 33.3 Å². The largest absolute Gasteiger partial charge is 0.462 e. The Morgan fingerprint density at radius 1 is 1.45 bits per heavy atom. The van der Waals surface area contributed by atoms with Gasteiger partial charge in [-0.2, -0.15) is 0 Å². The summed E-state index contributed by atoms with van der Waals surface area (Å²) < 4.78 is 4.99. The summed E-state index contributed by atoms with van der Waals surface area (Å²) in [7, 11) is 0. The molecule has 0 aromatic rings. The minimum absolute atomic E-state index is 0.167. The van der Waals surface area contributed by atoms with Gasteiger partial charge in [-0.1, -0.05) is 11.6 Å².